The van der Waals surface area contributed by atoms with Crippen LogP contribution in [0.1, 0.15) is 61.3 Å². The molecule has 2 nitrogen and oxygen atoms in total. The van der Waals surface area contributed by atoms with Crippen molar-refractivity contribution in [3.8, 4) is 0 Å². The Morgan fingerprint density at radius 2 is 1.74 bits per heavy atom. The van der Waals surface area contributed by atoms with Gasteiger partial charge in [0, 0.05) is 11.0 Å². The topological polar surface area (TPSA) is 26.3 Å². The lowest BCUT2D eigenvalue weighted by Crippen LogP contribution is -2.23. The van der Waals surface area contributed by atoms with E-state index in [1.807, 2.05) is 31.6 Å². The van der Waals surface area contributed by atoms with E-state index in [1.165, 1.54) is 12.8 Å². The van der Waals surface area contributed by atoms with Crippen LogP contribution in [0.4, 0.5) is 0 Å². The van der Waals surface area contributed by atoms with Gasteiger partial charge in [-0.3, -0.25) is 4.79 Å². The lowest BCUT2D eigenvalue weighted by atomic mass is 9.90. The van der Waals surface area contributed by atoms with Crippen LogP contribution in [0.3, 0.4) is 0 Å². The molecule has 0 N–H and O–H groups in total. The van der Waals surface area contributed by atoms with Crippen LogP contribution in [0.5, 0.6) is 0 Å². The number of rotatable bonds is 7. The average molecular weight is 307 g/mol. The molecule has 0 fully saturated rings. The fraction of sp³-hybridized carbons (Fsp3) is 0.933. The van der Waals surface area contributed by atoms with Crippen LogP contribution in [0.25, 0.3) is 0 Å². The number of carbonyl (C=O) groups excluding carboxylic acids is 1. The van der Waals surface area contributed by atoms with E-state index in [4.69, 9.17) is 4.74 Å². The minimum atomic E-state index is -0.391. The Kier molecular flexibility index (Phi) is 8.53. The normalized spacial score (nSPS) is 14.3. The zero-order chi connectivity index (χ0) is 15.1. The fourth-order valence-corrected chi connectivity index (χ4v) is 3.41. The van der Waals surface area contributed by atoms with Gasteiger partial charge in [-0.1, -0.05) is 49.3 Å². The molecule has 0 bridgehead atoms. The largest absolute Gasteiger partial charge is 0.464 e. The van der Waals surface area contributed by atoms with Crippen molar-refractivity contribution in [3.05, 3.63) is 0 Å². The van der Waals surface area contributed by atoms with Gasteiger partial charge < -0.3 is 4.74 Å². The molecule has 19 heavy (non-hydrogen) atoms. The van der Waals surface area contributed by atoms with Crippen LogP contribution in [0.15, 0.2) is 0 Å². The van der Waals surface area contributed by atoms with Gasteiger partial charge in [-0.25, -0.2) is 0 Å². The van der Waals surface area contributed by atoms with Crippen molar-refractivity contribution in [3.63, 3.8) is 0 Å². The summed E-state index contributed by atoms with van der Waals surface area (Å²) < 4.78 is 5.23. The molecule has 0 aliphatic rings. The maximum absolute atomic E-state index is 11.5. The Bertz CT molecular complexity index is 264. The predicted octanol–water partition coefficient (Wildman–Crippen LogP) is 5.17. The zero-order valence-corrected chi connectivity index (χ0v) is 15.2. The smallest absolute Gasteiger partial charge is 0.311 e. The van der Waals surface area contributed by atoms with Gasteiger partial charge in [0.2, 0.25) is 0 Å². The Morgan fingerprint density at radius 1 is 1.16 bits per heavy atom. The molecule has 0 aromatic heterocycles. The van der Waals surface area contributed by atoms with Gasteiger partial charge >= 0.3 is 5.97 Å². The second kappa shape index (κ2) is 8.46. The monoisotopic (exact) mass is 306 g/mol. The molecule has 0 saturated heterocycles. The van der Waals surface area contributed by atoms with E-state index in [-0.39, 0.29) is 5.97 Å². The van der Waals surface area contributed by atoms with E-state index in [9.17, 15) is 4.79 Å². The highest BCUT2D eigenvalue weighted by Gasteiger charge is 2.22. The Hall–Kier alpha value is 0.170. The summed E-state index contributed by atoms with van der Waals surface area (Å²) in [6.07, 6.45) is 2.49. The third kappa shape index (κ3) is 11.7. The summed E-state index contributed by atoms with van der Waals surface area (Å²) in [5.41, 5.74) is 0.0273. The molecule has 0 rings (SSSR count). The number of carbonyl (C=O) groups is 1. The van der Waals surface area contributed by atoms with E-state index < -0.39 is 5.41 Å². The molecule has 0 aliphatic heterocycles. The van der Waals surface area contributed by atoms with Crippen molar-refractivity contribution < 1.29 is 9.53 Å². The first kappa shape index (κ1) is 19.2. The zero-order valence-electron chi connectivity index (χ0n) is 13.5. The van der Waals surface area contributed by atoms with Crippen molar-refractivity contribution in [2.45, 2.75) is 66.6 Å². The Balaban J connectivity index is 3.57. The second-order valence-corrected chi connectivity index (χ2v) is 10.1. The van der Waals surface area contributed by atoms with Crippen molar-refractivity contribution >= 4 is 27.6 Å². The van der Waals surface area contributed by atoms with Crippen LogP contribution in [0.2, 0.25) is 0 Å². The number of hydrogen-bond acceptors (Lipinski definition) is 4. The van der Waals surface area contributed by atoms with Crippen molar-refractivity contribution in [2.75, 3.05) is 12.4 Å². The highest BCUT2D eigenvalue weighted by atomic mass is 33.1. The quantitative estimate of drug-likeness (QED) is 0.368. The third-order valence-electron chi connectivity index (χ3n) is 2.55. The lowest BCUT2D eigenvalue weighted by Gasteiger charge is -2.20. The van der Waals surface area contributed by atoms with Crippen LogP contribution >= 0.6 is 21.6 Å². The Labute approximate surface area is 127 Å². The van der Waals surface area contributed by atoms with Gasteiger partial charge in [-0.2, -0.15) is 0 Å². The summed E-state index contributed by atoms with van der Waals surface area (Å²) in [7, 11) is 3.71. The second-order valence-electron chi connectivity index (χ2n) is 7.21. The molecule has 114 valence electrons. The number of ether oxygens (including phenoxy) is 1. The lowest BCUT2D eigenvalue weighted by molar-refractivity contribution is -0.152. The summed E-state index contributed by atoms with van der Waals surface area (Å²) in [5, 5.41) is 0.655. The van der Waals surface area contributed by atoms with Crippen molar-refractivity contribution in [1.29, 1.82) is 0 Å². The highest BCUT2D eigenvalue weighted by Crippen LogP contribution is 2.32. The van der Waals surface area contributed by atoms with Crippen LogP contribution in [0, 0.1) is 10.8 Å². The van der Waals surface area contributed by atoms with Crippen LogP contribution < -0.4 is 0 Å². The molecule has 1 unspecified atom stereocenters. The minimum Gasteiger partial charge on any atom is -0.464 e. The van der Waals surface area contributed by atoms with Gasteiger partial charge in [0.15, 0.2) is 0 Å². The highest BCUT2D eigenvalue weighted by molar-refractivity contribution is 8.76. The molecule has 1 atom stereocenters. The standard InChI is InChI=1S/C15H30O2S2/c1-12(8-9-14(2,3)4)19-18-11-10-17-13(16)15(5,6)7/h12H,8-11H2,1-7H3. The van der Waals surface area contributed by atoms with Gasteiger partial charge in [-0.05, 0) is 39.0 Å². The van der Waals surface area contributed by atoms with Crippen molar-refractivity contribution in [2.24, 2.45) is 10.8 Å². The molecular formula is C15H30O2S2. The molecule has 0 amide bonds. The van der Waals surface area contributed by atoms with Gasteiger partial charge in [0.1, 0.15) is 6.61 Å². The molecule has 0 aromatic carbocycles. The van der Waals surface area contributed by atoms with E-state index >= 15 is 0 Å². The van der Waals surface area contributed by atoms with E-state index in [0.29, 0.717) is 17.3 Å². The van der Waals surface area contributed by atoms with Crippen LogP contribution in [-0.2, 0) is 9.53 Å². The first-order chi connectivity index (χ1) is 8.52. The molecular weight excluding hydrogens is 276 g/mol. The maximum atomic E-state index is 11.5. The molecule has 0 spiro atoms. The summed E-state index contributed by atoms with van der Waals surface area (Å²) >= 11 is 0. The minimum absolute atomic E-state index is 0.112. The van der Waals surface area contributed by atoms with E-state index in [1.54, 1.807) is 10.8 Å². The number of hydrogen-bond donors (Lipinski definition) is 0. The molecule has 0 aromatic rings. The SMILES string of the molecule is CC(CCC(C)(C)C)SSCCOC(=O)C(C)(C)C. The summed E-state index contributed by atoms with van der Waals surface area (Å²) in [6.45, 7) is 15.3. The molecule has 0 radical (unpaired) electrons. The molecule has 0 heterocycles. The predicted molar refractivity (Wildman–Crippen MR) is 88.6 cm³/mol. The summed E-state index contributed by atoms with van der Waals surface area (Å²) in [6, 6.07) is 0. The molecule has 0 aliphatic carbocycles. The fourth-order valence-electron chi connectivity index (χ4n) is 1.23. The molecule has 4 heteroatoms. The molecule has 0 saturated carbocycles. The first-order valence-corrected chi connectivity index (χ1v) is 9.36. The first-order valence-electron chi connectivity index (χ1n) is 6.98. The van der Waals surface area contributed by atoms with E-state index in [2.05, 4.69) is 27.7 Å². The van der Waals surface area contributed by atoms with E-state index in [0.717, 1.165) is 5.75 Å². The van der Waals surface area contributed by atoms with Gasteiger partial charge in [0.25, 0.3) is 0 Å². The summed E-state index contributed by atoms with van der Waals surface area (Å²) in [4.78, 5) is 11.5. The average Bonchev–Trinajstić information content (AvgIpc) is 2.23. The Morgan fingerprint density at radius 3 is 2.21 bits per heavy atom. The van der Waals surface area contributed by atoms with Gasteiger partial charge in [-0.15, -0.1) is 0 Å². The van der Waals surface area contributed by atoms with Gasteiger partial charge in [0.05, 0.1) is 5.41 Å². The third-order valence-corrected chi connectivity index (χ3v) is 5.47. The van der Waals surface area contributed by atoms with Crippen molar-refractivity contribution in [1.82, 2.24) is 0 Å². The van der Waals surface area contributed by atoms with Crippen LogP contribution in [-0.4, -0.2) is 23.6 Å². The number of esters is 1. The maximum Gasteiger partial charge on any atom is 0.311 e. The summed E-state index contributed by atoms with van der Waals surface area (Å²) in [5.74, 6) is 0.755.